The standard InChI is InChI=1S/C23H25ClF4N4O2/c1-14(2)7-8-29-21(33)16-13-18(25)20(30-19(16)24)31-9-11-32(12-10-31)22(34)15-5-3-4-6-17(15)23(26,27)28/h3-6,13-14H,7-12H2,1-2H3,(H,29,33). The van der Waals surface area contributed by atoms with E-state index in [1.165, 1.54) is 17.0 Å². The number of amides is 2. The van der Waals surface area contributed by atoms with Crippen LogP contribution in [0.3, 0.4) is 0 Å². The number of carbonyl (C=O) groups is 2. The van der Waals surface area contributed by atoms with Crippen LogP contribution in [0.2, 0.25) is 5.15 Å². The van der Waals surface area contributed by atoms with Crippen molar-refractivity contribution < 1.29 is 27.2 Å². The Bertz CT molecular complexity index is 1050. The lowest BCUT2D eigenvalue weighted by Crippen LogP contribution is -2.49. The summed E-state index contributed by atoms with van der Waals surface area (Å²) < 4.78 is 54.6. The van der Waals surface area contributed by atoms with Gasteiger partial charge in [0, 0.05) is 32.7 Å². The molecule has 1 aliphatic rings. The molecule has 0 spiro atoms. The van der Waals surface area contributed by atoms with Gasteiger partial charge in [0.25, 0.3) is 11.8 Å². The predicted molar refractivity (Wildman–Crippen MR) is 121 cm³/mol. The SMILES string of the molecule is CC(C)CCNC(=O)c1cc(F)c(N2CCN(C(=O)c3ccccc3C(F)(F)F)CC2)nc1Cl. The minimum Gasteiger partial charge on any atom is -0.352 e. The quantitative estimate of drug-likeness (QED) is 0.464. The van der Waals surface area contributed by atoms with Gasteiger partial charge in [0.15, 0.2) is 11.6 Å². The number of aromatic nitrogens is 1. The molecule has 1 N–H and O–H groups in total. The van der Waals surface area contributed by atoms with Gasteiger partial charge < -0.3 is 15.1 Å². The molecule has 3 rings (SSSR count). The minimum atomic E-state index is -4.65. The van der Waals surface area contributed by atoms with E-state index >= 15 is 0 Å². The number of halogens is 5. The fourth-order valence-corrected chi connectivity index (χ4v) is 3.84. The van der Waals surface area contributed by atoms with Crippen molar-refractivity contribution in [2.45, 2.75) is 26.4 Å². The summed E-state index contributed by atoms with van der Waals surface area (Å²) in [6, 6.07) is 5.63. The van der Waals surface area contributed by atoms with E-state index in [1.54, 1.807) is 4.90 Å². The molecule has 0 saturated carbocycles. The molecule has 11 heteroatoms. The van der Waals surface area contributed by atoms with E-state index in [1.807, 2.05) is 13.8 Å². The molecule has 0 radical (unpaired) electrons. The van der Waals surface area contributed by atoms with E-state index < -0.39 is 34.9 Å². The number of rotatable bonds is 6. The molecular formula is C23H25ClF4N4O2. The van der Waals surface area contributed by atoms with E-state index in [0.29, 0.717) is 12.5 Å². The molecule has 1 saturated heterocycles. The highest BCUT2D eigenvalue weighted by atomic mass is 35.5. The van der Waals surface area contributed by atoms with E-state index in [0.717, 1.165) is 24.6 Å². The maximum Gasteiger partial charge on any atom is 0.417 e. The summed E-state index contributed by atoms with van der Waals surface area (Å²) in [7, 11) is 0. The van der Waals surface area contributed by atoms with Gasteiger partial charge in [-0.1, -0.05) is 37.6 Å². The molecule has 2 amide bonds. The molecule has 2 heterocycles. The molecule has 0 aliphatic carbocycles. The zero-order valence-corrected chi connectivity index (χ0v) is 19.5. The topological polar surface area (TPSA) is 65.5 Å². The van der Waals surface area contributed by atoms with Crippen molar-refractivity contribution in [1.29, 1.82) is 0 Å². The first kappa shape index (κ1) is 25.7. The van der Waals surface area contributed by atoms with Crippen LogP contribution in [0, 0.1) is 11.7 Å². The Kier molecular flexibility index (Phi) is 8.01. The van der Waals surface area contributed by atoms with Gasteiger partial charge in [-0.15, -0.1) is 0 Å². The van der Waals surface area contributed by atoms with E-state index in [9.17, 15) is 27.2 Å². The summed E-state index contributed by atoms with van der Waals surface area (Å²) >= 11 is 6.14. The van der Waals surface area contributed by atoms with Crippen LogP contribution in [0.4, 0.5) is 23.4 Å². The molecule has 0 bridgehead atoms. The van der Waals surface area contributed by atoms with Crippen molar-refractivity contribution in [1.82, 2.24) is 15.2 Å². The molecule has 184 valence electrons. The number of anilines is 1. The van der Waals surface area contributed by atoms with Crippen molar-refractivity contribution in [2.24, 2.45) is 5.92 Å². The monoisotopic (exact) mass is 500 g/mol. The Morgan fingerprint density at radius 2 is 1.76 bits per heavy atom. The Hall–Kier alpha value is -2.88. The summed E-state index contributed by atoms with van der Waals surface area (Å²) in [6.45, 7) is 4.86. The third-order valence-corrected chi connectivity index (χ3v) is 5.78. The van der Waals surface area contributed by atoms with Crippen molar-refractivity contribution in [2.75, 3.05) is 37.6 Å². The summed E-state index contributed by atoms with van der Waals surface area (Å²) in [5, 5.41) is 2.52. The second kappa shape index (κ2) is 10.6. The third kappa shape index (κ3) is 5.97. The van der Waals surface area contributed by atoms with Crippen molar-refractivity contribution in [3.05, 3.63) is 58.0 Å². The smallest absolute Gasteiger partial charge is 0.352 e. The van der Waals surface area contributed by atoms with Gasteiger partial charge in [-0.2, -0.15) is 13.2 Å². The van der Waals surface area contributed by atoms with Crippen molar-refractivity contribution in [3.63, 3.8) is 0 Å². The number of pyridine rings is 1. The zero-order chi connectivity index (χ0) is 25.0. The molecule has 2 aromatic rings. The van der Waals surface area contributed by atoms with Crippen LogP contribution in [0.1, 0.15) is 46.5 Å². The number of piperazine rings is 1. The maximum atomic E-state index is 14.8. The molecular weight excluding hydrogens is 476 g/mol. The van der Waals surface area contributed by atoms with Gasteiger partial charge in [0.1, 0.15) is 5.15 Å². The first-order valence-electron chi connectivity index (χ1n) is 10.8. The summed E-state index contributed by atoms with van der Waals surface area (Å²) in [5.74, 6) is -1.71. The van der Waals surface area contributed by atoms with Crippen LogP contribution in [-0.4, -0.2) is 54.4 Å². The summed E-state index contributed by atoms with van der Waals surface area (Å²) in [5.41, 5.74) is -1.50. The molecule has 6 nitrogen and oxygen atoms in total. The minimum absolute atomic E-state index is 0.0706. The van der Waals surface area contributed by atoms with Gasteiger partial charge in [0.2, 0.25) is 0 Å². The number of alkyl halides is 3. The molecule has 1 aromatic heterocycles. The molecule has 34 heavy (non-hydrogen) atoms. The van der Waals surface area contributed by atoms with Crippen LogP contribution < -0.4 is 10.2 Å². The number of nitrogens with one attached hydrogen (secondary N) is 1. The van der Waals surface area contributed by atoms with E-state index in [4.69, 9.17) is 11.6 Å². The summed E-state index contributed by atoms with van der Waals surface area (Å²) in [6.07, 6.45) is -3.89. The van der Waals surface area contributed by atoms with E-state index in [-0.39, 0.29) is 42.7 Å². The molecule has 1 aromatic carbocycles. The first-order chi connectivity index (χ1) is 16.0. The average molecular weight is 501 g/mol. The zero-order valence-electron chi connectivity index (χ0n) is 18.8. The van der Waals surface area contributed by atoms with Crippen LogP contribution in [0.25, 0.3) is 0 Å². The van der Waals surface area contributed by atoms with Gasteiger partial charge in [-0.25, -0.2) is 9.37 Å². The van der Waals surface area contributed by atoms with Crippen LogP contribution in [-0.2, 0) is 6.18 Å². The molecule has 0 unspecified atom stereocenters. The molecule has 0 atom stereocenters. The number of carbonyl (C=O) groups excluding carboxylic acids is 2. The van der Waals surface area contributed by atoms with Crippen LogP contribution >= 0.6 is 11.6 Å². The second-order valence-corrected chi connectivity index (χ2v) is 8.75. The van der Waals surface area contributed by atoms with Crippen molar-refractivity contribution >= 4 is 29.2 Å². The fourth-order valence-electron chi connectivity index (χ4n) is 3.62. The number of nitrogens with zero attached hydrogens (tertiary/aromatic N) is 3. The van der Waals surface area contributed by atoms with Gasteiger partial charge >= 0.3 is 6.18 Å². The van der Waals surface area contributed by atoms with Gasteiger partial charge in [-0.05, 0) is 30.5 Å². The van der Waals surface area contributed by atoms with Crippen molar-refractivity contribution in [3.8, 4) is 0 Å². The third-order valence-electron chi connectivity index (χ3n) is 5.49. The maximum absolute atomic E-state index is 14.8. The van der Waals surface area contributed by atoms with Gasteiger partial charge in [-0.3, -0.25) is 9.59 Å². The highest BCUT2D eigenvalue weighted by Gasteiger charge is 2.36. The Balaban J connectivity index is 1.68. The number of hydrogen-bond acceptors (Lipinski definition) is 4. The highest BCUT2D eigenvalue weighted by molar-refractivity contribution is 6.32. The fraction of sp³-hybridized carbons (Fsp3) is 0.435. The number of hydrogen-bond donors (Lipinski definition) is 1. The Morgan fingerprint density at radius 3 is 2.38 bits per heavy atom. The highest BCUT2D eigenvalue weighted by Crippen LogP contribution is 2.32. The first-order valence-corrected chi connectivity index (χ1v) is 11.2. The molecule has 1 aliphatic heterocycles. The Morgan fingerprint density at radius 1 is 1.12 bits per heavy atom. The Labute approximate surface area is 199 Å². The largest absolute Gasteiger partial charge is 0.417 e. The van der Waals surface area contributed by atoms with Gasteiger partial charge in [0.05, 0.1) is 16.7 Å². The average Bonchev–Trinajstić information content (AvgIpc) is 2.79. The predicted octanol–water partition coefficient (Wildman–Crippen LogP) is 4.63. The second-order valence-electron chi connectivity index (χ2n) is 8.39. The van der Waals surface area contributed by atoms with Crippen LogP contribution in [0.15, 0.2) is 30.3 Å². The lowest BCUT2D eigenvalue weighted by atomic mass is 10.1. The van der Waals surface area contributed by atoms with Crippen LogP contribution in [0.5, 0.6) is 0 Å². The lowest BCUT2D eigenvalue weighted by molar-refractivity contribution is -0.138. The molecule has 1 fully saturated rings. The lowest BCUT2D eigenvalue weighted by Gasteiger charge is -2.36. The van der Waals surface area contributed by atoms with E-state index in [2.05, 4.69) is 10.3 Å². The summed E-state index contributed by atoms with van der Waals surface area (Å²) in [4.78, 5) is 31.9. The number of benzene rings is 1. The normalized spacial score (nSPS) is 14.5.